The second-order valence-corrected chi connectivity index (χ2v) is 7.58. The van der Waals surface area contributed by atoms with Gasteiger partial charge < -0.3 is 4.90 Å². The molecule has 0 saturated heterocycles. The number of thioether (sulfide) groups is 1. The monoisotopic (exact) mass is 367 g/mol. The number of nitrogens with zero attached hydrogens (tertiary/aromatic N) is 2. The van der Waals surface area contributed by atoms with Crippen LogP contribution in [0.1, 0.15) is 18.9 Å². The summed E-state index contributed by atoms with van der Waals surface area (Å²) in [4.78, 5) is 3.57. The molecular formula is C21H23N2S2+. The number of hydrogen-bond donors (Lipinski definition) is 0. The first-order valence-corrected chi connectivity index (χ1v) is 10.1. The van der Waals surface area contributed by atoms with Crippen LogP contribution in [0.2, 0.25) is 0 Å². The average molecular weight is 368 g/mol. The molecule has 0 fully saturated rings. The number of rotatable bonds is 2. The van der Waals surface area contributed by atoms with Crippen LogP contribution in [0, 0.1) is 0 Å². The van der Waals surface area contributed by atoms with Crippen molar-refractivity contribution in [2.24, 2.45) is 7.05 Å². The molecule has 2 nitrogen and oxygen atoms in total. The Labute approximate surface area is 158 Å². The van der Waals surface area contributed by atoms with Crippen LogP contribution in [-0.2, 0) is 7.05 Å². The van der Waals surface area contributed by atoms with Crippen molar-refractivity contribution in [3.8, 4) is 0 Å². The van der Waals surface area contributed by atoms with Gasteiger partial charge in [0.25, 0.3) is 5.01 Å². The van der Waals surface area contributed by atoms with Crippen molar-refractivity contribution in [3.05, 3.63) is 70.7 Å². The van der Waals surface area contributed by atoms with Crippen LogP contribution < -0.4 is 9.47 Å². The minimum Gasteiger partial charge on any atom is -0.338 e. The zero-order valence-corrected chi connectivity index (χ0v) is 16.7. The lowest BCUT2D eigenvalue weighted by molar-refractivity contribution is -0.642. The van der Waals surface area contributed by atoms with Crippen LogP contribution in [0.3, 0.4) is 0 Å². The molecule has 0 N–H and O–H groups in total. The Kier molecular flexibility index (Phi) is 5.61. The van der Waals surface area contributed by atoms with E-state index in [9.17, 15) is 0 Å². The van der Waals surface area contributed by atoms with Crippen molar-refractivity contribution in [3.63, 3.8) is 0 Å². The number of aromatic nitrogens is 1. The highest BCUT2D eigenvalue weighted by Gasteiger charge is 2.20. The van der Waals surface area contributed by atoms with Gasteiger partial charge >= 0.3 is 0 Å². The molecule has 0 atom stereocenters. The van der Waals surface area contributed by atoms with E-state index in [1.165, 1.54) is 30.8 Å². The first-order valence-electron chi connectivity index (χ1n) is 8.50. The van der Waals surface area contributed by atoms with Gasteiger partial charge in [0, 0.05) is 24.1 Å². The Hall–Kier alpha value is -2.04. The summed E-state index contributed by atoms with van der Waals surface area (Å²) in [7, 11) is 4.25. The van der Waals surface area contributed by atoms with Gasteiger partial charge in [-0.05, 0) is 24.3 Å². The van der Waals surface area contributed by atoms with Crippen molar-refractivity contribution < 1.29 is 4.57 Å². The van der Waals surface area contributed by atoms with Crippen LogP contribution in [0.5, 0.6) is 0 Å². The molecule has 4 rings (SSSR count). The second-order valence-electron chi connectivity index (χ2n) is 5.46. The number of thiazole rings is 1. The third-order valence-electron chi connectivity index (χ3n) is 4.02. The Morgan fingerprint density at radius 3 is 2.48 bits per heavy atom. The Morgan fingerprint density at radius 1 is 1.00 bits per heavy atom. The first kappa shape index (κ1) is 17.8. The normalized spacial score (nSPS) is 14.9. The summed E-state index contributed by atoms with van der Waals surface area (Å²) in [5.41, 5.74) is 2.56. The van der Waals surface area contributed by atoms with Gasteiger partial charge in [-0.1, -0.05) is 67.3 Å². The standard InChI is InChI=1S/C19H17N2S2.C2H6/c1-20-14-8-3-5-10-16(14)22-18(20)12-7-13-19-21(2)15-9-4-6-11-17(15)23-19;1-2/h3-13H,1-2H3;1-2H3/q+1;. The van der Waals surface area contributed by atoms with E-state index in [2.05, 4.69) is 90.3 Å². The van der Waals surface area contributed by atoms with Crippen LogP contribution in [0.4, 0.5) is 5.69 Å². The summed E-state index contributed by atoms with van der Waals surface area (Å²) in [6.07, 6.45) is 6.53. The quantitative estimate of drug-likeness (QED) is 0.525. The summed E-state index contributed by atoms with van der Waals surface area (Å²) in [6, 6.07) is 17.0. The van der Waals surface area contributed by atoms with E-state index in [1.807, 2.05) is 36.9 Å². The molecule has 0 spiro atoms. The molecule has 3 aromatic rings. The fourth-order valence-electron chi connectivity index (χ4n) is 2.75. The Morgan fingerprint density at radius 2 is 1.72 bits per heavy atom. The molecule has 0 amide bonds. The summed E-state index contributed by atoms with van der Waals surface area (Å²) < 4.78 is 3.57. The average Bonchev–Trinajstić information content (AvgIpc) is 3.15. The lowest BCUT2D eigenvalue weighted by Crippen LogP contribution is -2.28. The van der Waals surface area contributed by atoms with Crippen LogP contribution in [-0.4, -0.2) is 7.05 Å². The van der Waals surface area contributed by atoms with Gasteiger partial charge in [-0.3, -0.25) is 0 Å². The highest BCUT2D eigenvalue weighted by Crippen LogP contribution is 2.44. The van der Waals surface area contributed by atoms with Gasteiger partial charge in [-0.15, -0.1) is 0 Å². The molecule has 128 valence electrons. The van der Waals surface area contributed by atoms with Crippen molar-refractivity contribution in [1.82, 2.24) is 0 Å². The molecular weight excluding hydrogens is 344 g/mol. The number of aryl methyl sites for hydroxylation is 1. The van der Waals surface area contributed by atoms with Crippen molar-refractivity contribution in [2.75, 3.05) is 11.9 Å². The number of hydrogen-bond acceptors (Lipinski definition) is 3. The predicted molar refractivity (Wildman–Crippen MR) is 112 cm³/mol. The van der Waals surface area contributed by atoms with Gasteiger partial charge in [-0.2, -0.15) is 4.57 Å². The molecule has 0 unspecified atom stereocenters. The molecule has 2 aromatic carbocycles. The van der Waals surface area contributed by atoms with E-state index in [1.54, 1.807) is 0 Å². The molecule has 2 heterocycles. The van der Waals surface area contributed by atoms with Crippen LogP contribution >= 0.6 is 23.1 Å². The summed E-state index contributed by atoms with van der Waals surface area (Å²) in [6.45, 7) is 4.00. The Balaban J connectivity index is 0.000000880. The van der Waals surface area contributed by atoms with Crippen molar-refractivity contribution >= 4 is 45.1 Å². The third kappa shape index (κ3) is 3.51. The third-order valence-corrected chi connectivity index (χ3v) is 6.39. The first-order chi connectivity index (χ1) is 12.2. The minimum absolute atomic E-state index is 1.26. The molecule has 0 aliphatic carbocycles. The zero-order valence-electron chi connectivity index (χ0n) is 15.1. The molecule has 0 bridgehead atoms. The summed E-state index contributed by atoms with van der Waals surface area (Å²) in [5.74, 6) is 0. The van der Waals surface area contributed by atoms with E-state index in [0.29, 0.717) is 0 Å². The summed E-state index contributed by atoms with van der Waals surface area (Å²) in [5, 5.41) is 2.51. The maximum atomic E-state index is 2.25. The molecule has 1 aliphatic rings. The molecule has 0 saturated carbocycles. The van der Waals surface area contributed by atoms with Gasteiger partial charge in [0.15, 0.2) is 0 Å². The lowest BCUT2D eigenvalue weighted by Gasteiger charge is -2.12. The van der Waals surface area contributed by atoms with Crippen molar-refractivity contribution in [2.45, 2.75) is 18.7 Å². The fourth-order valence-corrected chi connectivity index (χ4v) is 4.87. The van der Waals surface area contributed by atoms with Crippen LogP contribution in [0.15, 0.2) is 70.6 Å². The number of benzene rings is 2. The van der Waals surface area contributed by atoms with Crippen molar-refractivity contribution in [1.29, 1.82) is 0 Å². The van der Waals surface area contributed by atoms with Gasteiger partial charge in [0.1, 0.15) is 11.7 Å². The molecule has 1 aliphatic heterocycles. The summed E-state index contributed by atoms with van der Waals surface area (Å²) >= 11 is 3.64. The molecule has 0 radical (unpaired) electrons. The van der Waals surface area contributed by atoms with E-state index in [4.69, 9.17) is 0 Å². The number of anilines is 1. The van der Waals surface area contributed by atoms with E-state index in [0.717, 1.165) is 0 Å². The molecule has 25 heavy (non-hydrogen) atoms. The second kappa shape index (κ2) is 7.89. The fraction of sp³-hybridized carbons (Fsp3) is 0.190. The largest absolute Gasteiger partial charge is 0.338 e. The topological polar surface area (TPSA) is 7.12 Å². The van der Waals surface area contributed by atoms with E-state index >= 15 is 0 Å². The van der Waals surface area contributed by atoms with E-state index in [-0.39, 0.29) is 0 Å². The highest BCUT2D eigenvalue weighted by atomic mass is 32.2. The van der Waals surface area contributed by atoms with E-state index < -0.39 is 0 Å². The number of para-hydroxylation sites is 2. The Bertz CT molecular complexity index is 938. The van der Waals surface area contributed by atoms with Gasteiger partial charge in [0.2, 0.25) is 5.52 Å². The SMILES string of the molecule is CC.CN1/C(=C\C=C\c2sc3ccccc3[n+]2C)Sc2ccccc21. The zero-order chi connectivity index (χ0) is 17.8. The van der Waals surface area contributed by atoms with Gasteiger partial charge in [0.05, 0.1) is 10.7 Å². The molecule has 1 aromatic heterocycles. The maximum Gasteiger partial charge on any atom is 0.262 e. The van der Waals surface area contributed by atoms with Gasteiger partial charge in [-0.25, -0.2) is 0 Å². The number of fused-ring (bicyclic) bond motifs is 2. The predicted octanol–water partition coefficient (Wildman–Crippen LogP) is 5.85. The lowest BCUT2D eigenvalue weighted by atomic mass is 10.3. The smallest absolute Gasteiger partial charge is 0.262 e. The number of allylic oxidation sites excluding steroid dienone is 2. The minimum atomic E-state index is 1.26. The highest BCUT2D eigenvalue weighted by molar-refractivity contribution is 8.03. The maximum absolute atomic E-state index is 2.25. The molecule has 4 heteroatoms. The van der Waals surface area contributed by atoms with Crippen LogP contribution in [0.25, 0.3) is 16.3 Å².